The summed E-state index contributed by atoms with van der Waals surface area (Å²) in [6.07, 6.45) is 1.01. The van der Waals surface area contributed by atoms with E-state index in [-0.39, 0.29) is 11.9 Å². The molecule has 2 aromatic carbocycles. The van der Waals surface area contributed by atoms with Gasteiger partial charge in [-0.05, 0) is 43.1 Å². The summed E-state index contributed by atoms with van der Waals surface area (Å²) in [5, 5.41) is 3.45. The number of benzene rings is 2. The monoisotopic (exact) mass is 335 g/mol. The molecule has 0 saturated carbocycles. The average molecular weight is 336 g/mol. The molecule has 1 atom stereocenters. The van der Waals surface area contributed by atoms with E-state index in [9.17, 15) is 4.39 Å². The third-order valence-corrected chi connectivity index (χ3v) is 4.08. The van der Waals surface area contributed by atoms with Gasteiger partial charge in [0.05, 0.1) is 6.04 Å². The van der Waals surface area contributed by atoms with Crippen LogP contribution in [0.25, 0.3) is 0 Å². The third-order valence-electron chi connectivity index (χ3n) is 3.39. The van der Waals surface area contributed by atoms with E-state index in [2.05, 4.69) is 47.2 Å². The number of aryl methyl sites for hydroxylation is 1. The zero-order chi connectivity index (χ0) is 14.5. The first kappa shape index (κ1) is 15.2. The van der Waals surface area contributed by atoms with Gasteiger partial charge in [-0.2, -0.15) is 0 Å². The molecule has 0 radical (unpaired) electrons. The Balaban J connectivity index is 2.50. The summed E-state index contributed by atoms with van der Waals surface area (Å²) >= 11 is 3.48. The molecule has 1 unspecified atom stereocenters. The van der Waals surface area contributed by atoms with Crippen LogP contribution in [0, 0.1) is 12.7 Å². The Bertz CT molecular complexity index is 563. The molecule has 1 nitrogen and oxygen atoms in total. The van der Waals surface area contributed by atoms with Crippen LogP contribution in [0.5, 0.6) is 0 Å². The van der Waals surface area contributed by atoms with Gasteiger partial charge < -0.3 is 5.32 Å². The van der Waals surface area contributed by atoms with E-state index in [1.54, 1.807) is 6.07 Å². The maximum Gasteiger partial charge on any atom is 0.129 e. The van der Waals surface area contributed by atoms with Gasteiger partial charge >= 0.3 is 0 Å². The van der Waals surface area contributed by atoms with Crippen molar-refractivity contribution in [2.75, 3.05) is 6.54 Å². The quantitative estimate of drug-likeness (QED) is 0.811. The Hall–Kier alpha value is -1.19. The van der Waals surface area contributed by atoms with Crippen molar-refractivity contribution in [3.8, 4) is 0 Å². The van der Waals surface area contributed by atoms with Crippen LogP contribution >= 0.6 is 15.9 Å². The van der Waals surface area contributed by atoms with Gasteiger partial charge in [-0.25, -0.2) is 4.39 Å². The fourth-order valence-electron chi connectivity index (χ4n) is 2.35. The van der Waals surface area contributed by atoms with Gasteiger partial charge in [-0.3, -0.25) is 0 Å². The highest BCUT2D eigenvalue weighted by molar-refractivity contribution is 9.10. The van der Waals surface area contributed by atoms with Crippen molar-refractivity contribution in [2.24, 2.45) is 0 Å². The fraction of sp³-hybridized carbons (Fsp3) is 0.294. The summed E-state index contributed by atoms with van der Waals surface area (Å²) in [6, 6.07) is 13.1. The normalized spacial score (nSPS) is 12.4. The smallest absolute Gasteiger partial charge is 0.129 e. The SMILES string of the molecule is CCCNC(c1ccccc1C)c1c(F)cccc1Br. The second kappa shape index (κ2) is 7.00. The Morgan fingerprint density at radius 3 is 2.55 bits per heavy atom. The van der Waals surface area contributed by atoms with Gasteiger partial charge in [-0.1, -0.05) is 53.2 Å². The number of hydrogen-bond acceptors (Lipinski definition) is 1. The largest absolute Gasteiger partial charge is 0.306 e. The Labute approximate surface area is 128 Å². The summed E-state index contributed by atoms with van der Waals surface area (Å²) in [5.74, 6) is -0.184. The first-order valence-electron chi connectivity index (χ1n) is 6.88. The van der Waals surface area contributed by atoms with Gasteiger partial charge in [0.15, 0.2) is 0 Å². The van der Waals surface area contributed by atoms with E-state index in [0.29, 0.717) is 5.56 Å². The van der Waals surface area contributed by atoms with E-state index < -0.39 is 0 Å². The van der Waals surface area contributed by atoms with Crippen LogP contribution in [0.3, 0.4) is 0 Å². The zero-order valence-electron chi connectivity index (χ0n) is 11.8. The van der Waals surface area contributed by atoms with Crippen LogP contribution < -0.4 is 5.32 Å². The van der Waals surface area contributed by atoms with Crippen molar-refractivity contribution in [3.63, 3.8) is 0 Å². The molecule has 0 saturated heterocycles. The molecule has 1 N–H and O–H groups in total. The first-order chi connectivity index (χ1) is 9.65. The minimum atomic E-state index is -0.184. The van der Waals surface area contributed by atoms with E-state index in [4.69, 9.17) is 0 Å². The van der Waals surface area contributed by atoms with Crippen molar-refractivity contribution in [3.05, 3.63) is 69.4 Å². The molecule has 0 aromatic heterocycles. The van der Waals surface area contributed by atoms with E-state index in [0.717, 1.165) is 28.6 Å². The van der Waals surface area contributed by atoms with Crippen LogP contribution in [0.15, 0.2) is 46.9 Å². The molecule has 0 fully saturated rings. The summed E-state index contributed by atoms with van der Waals surface area (Å²) < 4.78 is 15.1. The van der Waals surface area contributed by atoms with E-state index >= 15 is 0 Å². The highest BCUT2D eigenvalue weighted by atomic mass is 79.9. The Kier molecular flexibility index (Phi) is 5.32. The molecular formula is C17H19BrFN. The summed E-state index contributed by atoms with van der Waals surface area (Å²) in [7, 11) is 0. The van der Waals surface area contributed by atoms with Crippen LogP contribution in [-0.2, 0) is 0 Å². The van der Waals surface area contributed by atoms with E-state index in [1.165, 1.54) is 6.07 Å². The van der Waals surface area contributed by atoms with Gasteiger partial charge in [0.1, 0.15) is 5.82 Å². The molecule has 0 heterocycles. The predicted molar refractivity (Wildman–Crippen MR) is 85.4 cm³/mol. The molecule has 0 aliphatic carbocycles. The average Bonchev–Trinajstić information content (AvgIpc) is 2.43. The van der Waals surface area contributed by atoms with E-state index in [1.807, 2.05) is 18.2 Å². The standard InChI is InChI=1S/C17H19BrFN/c1-3-11-20-17(13-8-5-4-7-12(13)2)16-14(18)9-6-10-15(16)19/h4-10,17,20H,3,11H2,1-2H3. The molecule has 0 aliphatic rings. The van der Waals surface area contributed by atoms with Crippen LogP contribution in [0.2, 0.25) is 0 Å². The van der Waals surface area contributed by atoms with Crippen molar-refractivity contribution < 1.29 is 4.39 Å². The summed E-state index contributed by atoms with van der Waals surface area (Å²) in [5.41, 5.74) is 2.96. The summed E-state index contributed by atoms with van der Waals surface area (Å²) in [6.45, 7) is 5.02. The molecule has 0 aliphatic heterocycles. The predicted octanol–water partition coefficient (Wildman–Crippen LogP) is 4.99. The van der Waals surface area contributed by atoms with Crippen molar-refractivity contribution in [1.29, 1.82) is 0 Å². The lowest BCUT2D eigenvalue weighted by Gasteiger charge is -2.23. The van der Waals surface area contributed by atoms with Gasteiger partial charge in [0.25, 0.3) is 0 Å². The molecular weight excluding hydrogens is 317 g/mol. The molecule has 106 valence electrons. The molecule has 0 amide bonds. The molecule has 2 aromatic rings. The maximum atomic E-state index is 14.3. The molecule has 20 heavy (non-hydrogen) atoms. The highest BCUT2D eigenvalue weighted by Gasteiger charge is 2.21. The fourth-order valence-corrected chi connectivity index (χ4v) is 2.92. The lowest BCUT2D eigenvalue weighted by Crippen LogP contribution is -2.25. The molecule has 2 rings (SSSR count). The number of nitrogens with one attached hydrogen (secondary N) is 1. The van der Waals surface area contributed by atoms with Gasteiger partial charge in [-0.15, -0.1) is 0 Å². The van der Waals surface area contributed by atoms with Crippen molar-refractivity contribution in [2.45, 2.75) is 26.3 Å². The second-order valence-corrected chi connectivity index (χ2v) is 5.73. The third kappa shape index (κ3) is 3.28. The number of halogens is 2. The molecule has 0 spiro atoms. The van der Waals surface area contributed by atoms with Crippen molar-refractivity contribution >= 4 is 15.9 Å². The summed E-state index contributed by atoms with van der Waals surface area (Å²) in [4.78, 5) is 0. The molecule has 3 heteroatoms. The van der Waals surface area contributed by atoms with Crippen LogP contribution in [-0.4, -0.2) is 6.54 Å². The lowest BCUT2D eigenvalue weighted by molar-refractivity contribution is 0.543. The van der Waals surface area contributed by atoms with Gasteiger partial charge in [0, 0.05) is 10.0 Å². The topological polar surface area (TPSA) is 12.0 Å². The minimum absolute atomic E-state index is 0.133. The number of rotatable bonds is 5. The minimum Gasteiger partial charge on any atom is -0.306 e. The van der Waals surface area contributed by atoms with Crippen LogP contribution in [0.4, 0.5) is 4.39 Å². The molecule has 0 bridgehead atoms. The van der Waals surface area contributed by atoms with Crippen molar-refractivity contribution in [1.82, 2.24) is 5.32 Å². The van der Waals surface area contributed by atoms with Crippen LogP contribution in [0.1, 0.15) is 36.1 Å². The highest BCUT2D eigenvalue weighted by Crippen LogP contribution is 2.32. The second-order valence-electron chi connectivity index (χ2n) is 4.88. The Morgan fingerprint density at radius 2 is 1.90 bits per heavy atom. The first-order valence-corrected chi connectivity index (χ1v) is 7.67. The number of hydrogen-bond donors (Lipinski definition) is 1. The lowest BCUT2D eigenvalue weighted by atomic mass is 9.94. The maximum absolute atomic E-state index is 14.3. The zero-order valence-corrected chi connectivity index (χ0v) is 13.4. The Morgan fingerprint density at radius 1 is 1.15 bits per heavy atom. The van der Waals surface area contributed by atoms with Gasteiger partial charge in [0.2, 0.25) is 0 Å².